The summed E-state index contributed by atoms with van der Waals surface area (Å²) < 4.78 is 0. The molecule has 1 aliphatic rings. The maximum atomic E-state index is 12.0. The highest BCUT2D eigenvalue weighted by molar-refractivity contribution is 5.94. The number of amides is 1. The lowest BCUT2D eigenvalue weighted by Gasteiger charge is -2.26. The van der Waals surface area contributed by atoms with Crippen LogP contribution in [0.15, 0.2) is 24.3 Å². The Kier molecular flexibility index (Phi) is 3.37. The number of nitro groups is 1. The lowest BCUT2D eigenvalue weighted by atomic mass is 10.1. The fourth-order valence-electron chi connectivity index (χ4n) is 2.01. The predicted molar refractivity (Wildman–Crippen MR) is 62.9 cm³/mol. The summed E-state index contributed by atoms with van der Waals surface area (Å²) in [6, 6.07) is 5.79. The van der Waals surface area contributed by atoms with E-state index in [-0.39, 0.29) is 11.6 Å². The van der Waals surface area contributed by atoms with Crippen LogP contribution in [-0.2, 0) is 0 Å². The van der Waals surface area contributed by atoms with Crippen LogP contribution in [0.1, 0.15) is 29.6 Å². The third-order valence-electron chi connectivity index (χ3n) is 2.97. The van der Waals surface area contributed by atoms with Gasteiger partial charge in [-0.2, -0.15) is 0 Å². The monoisotopic (exact) mass is 234 g/mol. The summed E-state index contributed by atoms with van der Waals surface area (Å²) in [6.45, 7) is 1.58. The van der Waals surface area contributed by atoms with Gasteiger partial charge in [-0.3, -0.25) is 14.9 Å². The van der Waals surface area contributed by atoms with Crippen LogP contribution in [0.4, 0.5) is 5.69 Å². The molecule has 1 aromatic rings. The van der Waals surface area contributed by atoms with Gasteiger partial charge in [0.2, 0.25) is 0 Å². The van der Waals surface area contributed by atoms with Crippen molar-refractivity contribution < 1.29 is 9.72 Å². The Bertz CT molecular complexity index is 422. The molecule has 1 saturated heterocycles. The zero-order valence-electron chi connectivity index (χ0n) is 9.46. The van der Waals surface area contributed by atoms with Gasteiger partial charge in [-0.15, -0.1) is 0 Å². The summed E-state index contributed by atoms with van der Waals surface area (Å²) in [7, 11) is 0. The minimum absolute atomic E-state index is 0.0141. The third kappa shape index (κ3) is 2.61. The van der Waals surface area contributed by atoms with E-state index >= 15 is 0 Å². The first-order valence-corrected chi connectivity index (χ1v) is 5.72. The number of non-ortho nitro benzene ring substituents is 1. The second kappa shape index (κ2) is 4.95. The average molecular weight is 234 g/mol. The smallest absolute Gasteiger partial charge is 0.269 e. The molecular formula is C12H14N2O3. The van der Waals surface area contributed by atoms with E-state index < -0.39 is 4.92 Å². The molecule has 5 nitrogen and oxygen atoms in total. The van der Waals surface area contributed by atoms with Crippen molar-refractivity contribution in [3.63, 3.8) is 0 Å². The van der Waals surface area contributed by atoms with Crippen LogP contribution in [0.3, 0.4) is 0 Å². The molecule has 0 N–H and O–H groups in total. The number of hydrogen-bond acceptors (Lipinski definition) is 3. The van der Waals surface area contributed by atoms with E-state index in [1.807, 2.05) is 4.90 Å². The molecule has 0 radical (unpaired) electrons. The van der Waals surface area contributed by atoms with Gasteiger partial charge in [0.1, 0.15) is 0 Å². The largest absolute Gasteiger partial charge is 0.339 e. The number of nitro benzene ring substituents is 1. The lowest BCUT2D eigenvalue weighted by Crippen LogP contribution is -2.35. The summed E-state index contributed by atoms with van der Waals surface area (Å²) in [5.74, 6) is -0.0282. The van der Waals surface area contributed by atoms with Gasteiger partial charge in [0.05, 0.1) is 4.92 Å². The van der Waals surface area contributed by atoms with E-state index in [0.29, 0.717) is 5.56 Å². The molecule has 1 aromatic carbocycles. The molecule has 0 unspecified atom stereocenters. The summed E-state index contributed by atoms with van der Waals surface area (Å²) in [5.41, 5.74) is 0.540. The molecule has 90 valence electrons. The number of rotatable bonds is 2. The minimum atomic E-state index is -0.463. The van der Waals surface area contributed by atoms with Crippen molar-refractivity contribution in [3.8, 4) is 0 Å². The molecule has 1 amide bonds. The van der Waals surface area contributed by atoms with Crippen LogP contribution in [-0.4, -0.2) is 28.8 Å². The van der Waals surface area contributed by atoms with Crippen molar-refractivity contribution in [2.45, 2.75) is 19.3 Å². The van der Waals surface area contributed by atoms with Gasteiger partial charge in [0.25, 0.3) is 11.6 Å². The zero-order chi connectivity index (χ0) is 12.3. The summed E-state index contributed by atoms with van der Waals surface area (Å²) >= 11 is 0. The number of piperidine rings is 1. The maximum absolute atomic E-state index is 12.0. The Balaban J connectivity index is 2.10. The molecule has 1 aliphatic heterocycles. The minimum Gasteiger partial charge on any atom is -0.339 e. The fourth-order valence-corrected chi connectivity index (χ4v) is 2.01. The van der Waals surface area contributed by atoms with Crippen LogP contribution < -0.4 is 0 Å². The second-order valence-electron chi connectivity index (χ2n) is 4.16. The number of benzene rings is 1. The van der Waals surface area contributed by atoms with E-state index in [0.717, 1.165) is 25.9 Å². The maximum Gasteiger partial charge on any atom is 0.269 e. The Hall–Kier alpha value is -1.91. The van der Waals surface area contributed by atoms with Crippen LogP contribution in [0.5, 0.6) is 0 Å². The summed E-state index contributed by atoms with van der Waals surface area (Å²) in [4.78, 5) is 23.9. The number of nitrogens with zero attached hydrogens (tertiary/aromatic N) is 2. The van der Waals surface area contributed by atoms with Crippen molar-refractivity contribution in [2.24, 2.45) is 0 Å². The van der Waals surface area contributed by atoms with Crippen molar-refractivity contribution in [1.29, 1.82) is 0 Å². The second-order valence-corrected chi connectivity index (χ2v) is 4.16. The standard InChI is InChI=1S/C12H14N2O3/c15-12(13-8-2-1-3-9-13)10-4-6-11(7-5-10)14(16)17/h4-7H,1-3,8-9H2. The van der Waals surface area contributed by atoms with Gasteiger partial charge >= 0.3 is 0 Å². The van der Waals surface area contributed by atoms with Crippen LogP contribution in [0.25, 0.3) is 0 Å². The Morgan fingerprint density at radius 2 is 1.71 bits per heavy atom. The first-order chi connectivity index (χ1) is 8.18. The van der Waals surface area contributed by atoms with Gasteiger partial charge in [-0.25, -0.2) is 0 Å². The van der Waals surface area contributed by atoms with Crippen molar-refractivity contribution in [3.05, 3.63) is 39.9 Å². The first kappa shape index (κ1) is 11.6. The van der Waals surface area contributed by atoms with Crippen LogP contribution in [0, 0.1) is 10.1 Å². The molecule has 1 heterocycles. The average Bonchev–Trinajstić information content (AvgIpc) is 2.39. The molecule has 0 atom stereocenters. The Morgan fingerprint density at radius 1 is 1.12 bits per heavy atom. The van der Waals surface area contributed by atoms with Gasteiger partial charge in [0, 0.05) is 30.8 Å². The van der Waals surface area contributed by atoms with Gasteiger partial charge in [0.15, 0.2) is 0 Å². The highest BCUT2D eigenvalue weighted by Crippen LogP contribution is 2.16. The van der Waals surface area contributed by atoms with Crippen molar-refractivity contribution in [2.75, 3.05) is 13.1 Å². The molecule has 17 heavy (non-hydrogen) atoms. The normalized spacial score (nSPS) is 15.6. The topological polar surface area (TPSA) is 63.4 Å². The molecule has 1 fully saturated rings. The predicted octanol–water partition coefficient (Wildman–Crippen LogP) is 2.22. The Morgan fingerprint density at radius 3 is 2.24 bits per heavy atom. The molecule has 0 spiro atoms. The molecule has 0 bridgehead atoms. The van der Waals surface area contributed by atoms with E-state index in [1.165, 1.54) is 30.7 Å². The number of carbonyl (C=O) groups excluding carboxylic acids is 1. The molecular weight excluding hydrogens is 220 g/mol. The summed E-state index contributed by atoms with van der Waals surface area (Å²) in [6.07, 6.45) is 3.25. The third-order valence-corrected chi connectivity index (χ3v) is 2.97. The van der Waals surface area contributed by atoms with E-state index in [4.69, 9.17) is 0 Å². The van der Waals surface area contributed by atoms with E-state index in [9.17, 15) is 14.9 Å². The highest BCUT2D eigenvalue weighted by Gasteiger charge is 2.18. The summed E-state index contributed by atoms with van der Waals surface area (Å²) in [5, 5.41) is 10.5. The van der Waals surface area contributed by atoms with E-state index in [1.54, 1.807) is 0 Å². The molecule has 0 saturated carbocycles. The number of hydrogen-bond donors (Lipinski definition) is 0. The van der Waals surface area contributed by atoms with Crippen molar-refractivity contribution >= 4 is 11.6 Å². The Labute approximate surface area is 99.2 Å². The highest BCUT2D eigenvalue weighted by atomic mass is 16.6. The quantitative estimate of drug-likeness (QED) is 0.582. The SMILES string of the molecule is O=C(c1ccc([N+](=O)[O-])cc1)N1CCCCC1. The first-order valence-electron chi connectivity index (χ1n) is 5.72. The molecule has 2 rings (SSSR count). The van der Waals surface area contributed by atoms with Crippen molar-refractivity contribution in [1.82, 2.24) is 4.90 Å². The van der Waals surface area contributed by atoms with E-state index in [2.05, 4.69) is 0 Å². The van der Waals surface area contributed by atoms with Gasteiger partial charge in [-0.1, -0.05) is 0 Å². The molecule has 0 aliphatic carbocycles. The van der Waals surface area contributed by atoms with Crippen LogP contribution >= 0.6 is 0 Å². The zero-order valence-corrected chi connectivity index (χ0v) is 9.46. The van der Waals surface area contributed by atoms with Gasteiger partial charge < -0.3 is 4.90 Å². The van der Waals surface area contributed by atoms with Gasteiger partial charge in [-0.05, 0) is 31.4 Å². The molecule has 5 heteroatoms. The number of carbonyl (C=O) groups is 1. The number of likely N-dealkylation sites (tertiary alicyclic amines) is 1. The molecule has 0 aromatic heterocycles. The lowest BCUT2D eigenvalue weighted by molar-refractivity contribution is -0.384. The van der Waals surface area contributed by atoms with Crippen LogP contribution in [0.2, 0.25) is 0 Å². The fraction of sp³-hybridized carbons (Fsp3) is 0.417.